The zero-order valence-corrected chi connectivity index (χ0v) is 12.3. The van der Waals surface area contributed by atoms with E-state index in [2.05, 4.69) is 0 Å². The fourth-order valence-corrected chi connectivity index (χ4v) is 4.39. The number of hydrogen-bond acceptors (Lipinski definition) is 3. The maximum atomic E-state index is 12.8. The van der Waals surface area contributed by atoms with Gasteiger partial charge in [0.25, 0.3) is 5.91 Å². The van der Waals surface area contributed by atoms with Crippen molar-refractivity contribution < 1.29 is 13.9 Å². The molecule has 4 nitrogen and oxygen atoms in total. The van der Waals surface area contributed by atoms with Crippen LogP contribution in [0.25, 0.3) is 0 Å². The Bertz CT molecular complexity index is 559. The van der Waals surface area contributed by atoms with Crippen molar-refractivity contribution in [3.8, 4) is 0 Å². The van der Waals surface area contributed by atoms with Gasteiger partial charge in [-0.15, -0.1) is 0 Å². The first-order valence-electron chi connectivity index (χ1n) is 7.57. The van der Waals surface area contributed by atoms with Gasteiger partial charge < -0.3 is 14.1 Å². The van der Waals surface area contributed by atoms with E-state index in [0.29, 0.717) is 24.0 Å². The number of nitrogens with zero attached hydrogens (tertiary/aromatic N) is 1. The average molecular weight is 275 g/mol. The Morgan fingerprint density at radius 1 is 1.05 bits per heavy atom. The molecule has 0 N–H and O–H groups in total. The number of fused-ring (bicyclic) bond motifs is 5. The van der Waals surface area contributed by atoms with E-state index in [1.54, 1.807) is 0 Å². The molecule has 2 bridgehead atoms. The number of hydrogen-bond donors (Lipinski definition) is 0. The molecule has 4 atom stereocenters. The lowest BCUT2D eigenvalue weighted by molar-refractivity contribution is 0.0593. The number of aryl methyl sites for hydroxylation is 2. The van der Waals surface area contributed by atoms with E-state index in [1.165, 1.54) is 12.8 Å². The van der Waals surface area contributed by atoms with Crippen LogP contribution in [0.15, 0.2) is 4.42 Å². The smallest absolute Gasteiger partial charge is 0.257 e. The topological polar surface area (TPSA) is 42.7 Å². The second-order valence-corrected chi connectivity index (χ2v) is 6.54. The summed E-state index contributed by atoms with van der Waals surface area (Å²) in [6, 6.07) is 0. The minimum absolute atomic E-state index is 0.144. The van der Waals surface area contributed by atoms with E-state index >= 15 is 0 Å². The van der Waals surface area contributed by atoms with Crippen LogP contribution in [0.1, 0.15) is 40.3 Å². The van der Waals surface area contributed by atoms with Gasteiger partial charge in [0, 0.05) is 30.5 Å². The predicted molar refractivity (Wildman–Crippen MR) is 73.7 cm³/mol. The molecule has 0 saturated carbocycles. The molecular formula is C16H21NO3. The predicted octanol–water partition coefficient (Wildman–Crippen LogP) is 2.45. The largest absolute Gasteiger partial charge is 0.466 e. The molecule has 0 radical (unpaired) electrons. The molecule has 0 unspecified atom stereocenters. The lowest BCUT2D eigenvalue weighted by Gasteiger charge is -2.19. The fraction of sp³-hybridized carbons (Fsp3) is 0.688. The molecule has 3 saturated heterocycles. The van der Waals surface area contributed by atoms with Crippen LogP contribution < -0.4 is 0 Å². The first-order valence-corrected chi connectivity index (χ1v) is 7.57. The summed E-state index contributed by atoms with van der Waals surface area (Å²) >= 11 is 0. The van der Waals surface area contributed by atoms with Crippen molar-refractivity contribution in [2.45, 2.75) is 45.8 Å². The number of rotatable bonds is 1. The average Bonchev–Trinajstić information content (AvgIpc) is 3.13. The van der Waals surface area contributed by atoms with E-state index in [1.807, 2.05) is 25.7 Å². The van der Waals surface area contributed by atoms with Crippen LogP contribution in [0.2, 0.25) is 0 Å². The van der Waals surface area contributed by atoms with Crippen molar-refractivity contribution in [1.82, 2.24) is 4.90 Å². The number of carbonyl (C=O) groups is 1. The van der Waals surface area contributed by atoms with Crippen molar-refractivity contribution in [2.75, 3.05) is 13.1 Å². The molecule has 0 aliphatic carbocycles. The number of carbonyl (C=O) groups excluding carboxylic acids is 1. The maximum Gasteiger partial charge on any atom is 0.257 e. The molecule has 0 spiro atoms. The van der Waals surface area contributed by atoms with Crippen LogP contribution in [0.3, 0.4) is 0 Å². The van der Waals surface area contributed by atoms with Crippen LogP contribution in [0.4, 0.5) is 0 Å². The Kier molecular flexibility index (Phi) is 2.56. The van der Waals surface area contributed by atoms with E-state index < -0.39 is 0 Å². The Morgan fingerprint density at radius 3 is 2.15 bits per heavy atom. The minimum Gasteiger partial charge on any atom is -0.466 e. The van der Waals surface area contributed by atoms with Crippen LogP contribution >= 0.6 is 0 Å². The van der Waals surface area contributed by atoms with Crippen LogP contribution in [-0.2, 0) is 4.74 Å². The van der Waals surface area contributed by atoms with E-state index in [4.69, 9.17) is 9.15 Å². The van der Waals surface area contributed by atoms with Gasteiger partial charge in [0.1, 0.15) is 11.5 Å². The second kappa shape index (κ2) is 4.10. The van der Waals surface area contributed by atoms with Crippen molar-refractivity contribution in [3.05, 3.63) is 22.6 Å². The Labute approximate surface area is 119 Å². The van der Waals surface area contributed by atoms with Crippen molar-refractivity contribution >= 4 is 5.91 Å². The van der Waals surface area contributed by atoms with Gasteiger partial charge in [-0.25, -0.2) is 0 Å². The number of amides is 1. The summed E-state index contributed by atoms with van der Waals surface area (Å²) in [5, 5.41) is 0. The molecule has 3 fully saturated rings. The maximum absolute atomic E-state index is 12.8. The minimum atomic E-state index is 0.144. The third-order valence-electron chi connectivity index (χ3n) is 5.52. The molecule has 1 aromatic heterocycles. The third-order valence-corrected chi connectivity index (χ3v) is 5.52. The Balaban J connectivity index is 1.59. The van der Waals surface area contributed by atoms with Crippen molar-refractivity contribution in [2.24, 2.45) is 11.8 Å². The van der Waals surface area contributed by atoms with Crippen molar-refractivity contribution in [1.29, 1.82) is 0 Å². The molecule has 20 heavy (non-hydrogen) atoms. The van der Waals surface area contributed by atoms with Crippen molar-refractivity contribution in [3.63, 3.8) is 0 Å². The standard InChI is InChI=1S/C16H21NO3/c1-8-9(2)19-10(3)15(8)16(18)17-6-11-12(7-17)14-5-4-13(11)20-14/h11-14H,4-7H2,1-3H3/t11-,12+,13-,14-/m1/s1. The summed E-state index contributed by atoms with van der Waals surface area (Å²) in [7, 11) is 0. The zero-order chi connectivity index (χ0) is 14.0. The summed E-state index contributed by atoms with van der Waals surface area (Å²) in [4.78, 5) is 14.8. The number of furan rings is 1. The van der Waals surface area contributed by atoms with Gasteiger partial charge in [-0.1, -0.05) is 0 Å². The summed E-state index contributed by atoms with van der Waals surface area (Å²) in [5.74, 6) is 2.87. The quantitative estimate of drug-likeness (QED) is 0.790. The lowest BCUT2D eigenvalue weighted by atomic mass is 9.82. The molecule has 1 aromatic rings. The van der Waals surface area contributed by atoms with Gasteiger partial charge in [-0.3, -0.25) is 4.79 Å². The highest BCUT2D eigenvalue weighted by atomic mass is 16.5. The van der Waals surface area contributed by atoms with Gasteiger partial charge in [0.2, 0.25) is 0 Å². The Morgan fingerprint density at radius 2 is 1.65 bits per heavy atom. The first kappa shape index (κ1) is 12.5. The molecule has 4 heteroatoms. The monoisotopic (exact) mass is 275 g/mol. The van der Waals surface area contributed by atoms with Gasteiger partial charge >= 0.3 is 0 Å². The van der Waals surface area contributed by atoms with Gasteiger partial charge in [-0.05, 0) is 33.6 Å². The van der Waals surface area contributed by atoms with E-state index in [0.717, 1.165) is 35.7 Å². The highest BCUT2D eigenvalue weighted by Gasteiger charge is 2.54. The lowest BCUT2D eigenvalue weighted by Crippen LogP contribution is -2.32. The molecule has 3 aliphatic heterocycles. The molecule has 4 rings (SSSR count). The van der Waals surface area contributed by atoms with Crippen LogP contribution in [0, 0.1) is 32.6 Å². The normalized spacial score (nSPS) is 34.9. The Hall–Kier alpha value is -1.29. The summed E-state index contributed by atoms with van der Waals surface area (Å²) < 4.78 is 11.6. The number of ether oxygens (including phenoxy) is 1. The molecule has 0 aromatic carbocycles. The summed E-state index contributed by atoms with van der Waals surface area (Å²) in [6.45, 7) is 7.49. The molecule has 4 heterocycles. The molecule has 108 valence electrons. The summed E-state index contributed by atoms with van der Waals surface area (Å²) in [5.41, 5.74) is 1.76. The molecule has 3 aliphatic rings. The molecule has 1 amide bonds. The number of likely N-dealkylation sites (tertiary alicyclic amines) is 1. The zero-order valence-electron chi connectivity index (χ0n) is 12.3. The highest BCUT2D eigenvalue weighted by molar-refractivity contribution is 5.97. The van der Waals surface area contributed by atoms with Crippen LogP contribution in [0.5, 0.6) is 0 Å². The summed E-state index contributed by atoms with van der Waals surface area (Å²) in [6.07, 6.45) is 3.15. The van der Waals surface area contributed by atoms with E-state index in [-0.39, 0.29) is 5.91 Å². The second-order valence-electron chi connectivity index (χ2n) is 6.54. The molecular weight excluding hydrogens is 254 g/mol. The van der Waals surface area contributed by atoms with Gasteiger partial charge in [-0.2, -0.15) is 0 Å². The first-order chi connectivity index (χ1) is 9.56. The van der Waals surface area contributed by atoms with Gasteiger partial charge in [0.15, 0.2) is 0 Å². The van der Waals surface area contributed by atoms with E-state index in [9.17, 15) is 4.79 Å². The fourth-order valence-electron chi connectivity index (χ4n) is 4.39. The van der Waals surface area contributed by atoms with Crippen LogP contribution in [-0.4, -0.2) is 36.1 Å². The van der Waals surface area contributed by atoms with Gasteiger partial charge in [0.05, 0.1) is 17.8 Å². The SMILES string of the molecule is Cc1oc(C)c(C(=O)N2C[C@@H]3[C@H](C2)[C@H]2CC[C@H]3O2)c1C. The highest BCUT2D eigenvalue weighted by Crippen LogP contribution is 2.47. The third kappa shape index (κ3) is 1.54.